The highest BCUT2D eigenvalue weighted by Gasteiger charge is 2.29. The normalized spacial score (nSPS) is 13.6. The van der Waals surface area contributed by atoms with Crippen molar-refractivity contribution >= 4 is 11.7 Å². The van der Waals surface area contributed by atoms with Gasteiger partial charge in [-0.05, 0) is 48.4 Å². The van der Waals surface area contributed by atoms with Gasteiger partial charge in [0.15, 0.2) is 0 Å². The van der Waals surface area contributed by atoms with E-state index in [1.807, 2.05) is 16.8 Å². The second-order valence-electron chi connectivity index (χ2n) is 6.04. The van der Waals surface area contributed by atoms with Crippen LogP contribution in [0, 0.1) is 5.82 Å². The molecular weight excluding hydrogens is 319 g/mol. The molecule has 0 saturated heterocycles. The van der Waals surface area contributed by atoms with Gasteiger partial charge in [0, 0.05) is 38.0 Å². The molecule has 1 amide bonds. The van der Waals surface area contributed by atoms with Gasteiger partial charge in [0.2, 0.25) is 5.91 Å². The van der Waals surface area contributed by atoms with E-state index in [4.69, 9.17) is 5.10 Å². The van der Waals surface area contributed by atoms with Gasteiger partial charge < -0.3 is 0 Å². The fourth-order valence-electron chi connectivity index (χ4n) is 3.27. The molecule has 0 unspecified atom stereocenters. The molecule has 0 bridgehead atoms. The van der Waals surface area contributed by atoms with Crippen molar-refractivity contribution in [2.45, 2.75) is 19.9 Å². The smallest absolute Gasteiger partial charge is 0.225 e. The average Bonchev–Trinajstić information content (AvgIpc) is 3.02. The number of amides is 1. The highest BCUT2D eigenvalue weighted by Crippen LogP contribution is 2.41. The number of carbonyl (C=O) groups excluding carboxylic acids is 1. The Morgan fingerprint density at radius 2 is 1.76 bits per heavy atom. The predicted molar refractivity (Wildman–Crippen MR) is 93.5 cm³/mol. The lowest BCUT2D eigenvalue weighted by atomic mass is 10.0. The first-order valence-electron chi connectivity index (χ1n) is 8.20. The van der Waals surface area contributed by atoms with Gasteiger partial charge in [-0.25, -0.2) is 9.07 Å². The van der Waals surface area contributed by atoms with E-state index in [9.17, 15) is 9.18 Å². The first-order valence-corrected chi connectivity index (χ1v) is 8.20. The van der Waals surface area contributed by atoms with Crippen molar-refractivity contribution in [3.63, 3.8) is 0 Å². The largest absolute Gasteiger partial charge is 0.297 e. The quantitative estimate of drug-likeness (QED) is 0.719. The monoisotopic (exact) mass is 336 g/mol. The van der Waals surface area contributed by atoms with Crippen molar-refractivity contribution in [1.82, 2.24) is 14.8 Å². The van der Waals surface area contributed by atoms with Crippen LogP contribution in [0.25, 0.3) is 22.4 Å². The molecule has 25 heavy (non-hydrogen) atoms. The zero-order valence-electron chi connectivity index (χ0n) is 13.8. The summed E-state index contributed by atoms with van der Waals surface area (Å²) in [5, 5.41) is 4.74. The number of aryl methyl sites for hydroxylation is 1. The molecule has 2 aromatic heterocycles. The maximum atomic E-state index is 13.3. The van der Waals surface area contributed by atoms with E-state index < -0.39 is 0 Å². The second kappa shape index (κ2) is 6.12. The first kappa shape index (κ1) is 15.5. The molecule has 0 spiro atoms. The van der Waals surface area contributed by atoms with Crippen LogP contribution in [0.1, 0.15) is 13.3 Å². The highest BCUT2D eigenvalue weighted by atomic mass is 19.1. The number of rotatable bonds is 2. The van der Waals surface area contributed by atoms with E-state index in [1.165, 1.54) is 12.1 Å². The molecule has 6 heteroatoms. The highest BCUT2D eigenvalue weighted by molar-refractivity contribution is 5.99. The number of aromatic nitrogens is 3. The fraction of sp³-hybridized carbons (Fsp3) is 0.211. The molecular formula is C19H17FN4O. The van der Waals surface area contributed by atoms with Crippen LogP contribution in [0.5, 0.6) is 0 Å². The van der Waals surface area contributed by atoms with Crippen LogP contribution >= 0.6 is 0 Å². The van der Waals surface area contributed by atoms with Crippen LogP contribution in [0.4, 0.5) is 10.2 Å². The molecule has 0 atom stereocenters. The summed E-state index contributed by atoms with van der Waals surface area (Å²) >= 11 is 0. The van der Waals surface area contributed by atoms with E-state index in [2.05, 4.69) is 4.98 Å². The number of halogens is 1. The van der Waals surface area contributed by atoms with Crippen LogP contribution in [0.2, 0.25) is 0 Å². The van der Waals surface area contributed by atoms with Crippen LogP contribution in [-0.4, -0.2) is 27.2 Å². The number of fused-ring (bicyclic) bond motifs is 1. The van der Waals surface area contributed by atoms with Gasteiger partial charge in [0.25, 0.3) is 0 Å². The number of pyridine rings is 1. The lowest BCUT2D eigenvalue weighted by molar-refractivity contribution is -0.116. The summed E-state index contributed by atoms with van der Waals surface area (Å²) < 4.78 is 15.2. The molecule has 3 heterocycles. The standard InChI is InChI=1S/C19H17FN4O/c1-13(25)23-11-2-12-24-19(23)17(14-7-9-21-10-8-14)18(22-24)15-3-5-16(20)6-4-15/h3-10H,2,11-12H2,1H3. The number of carbonyl (C=O) groups is 1. The van der Waals surface area contributed by atoms with Crippen molar-refractivity contribution in [2.24, 2.45) is 0 Å². The molecule has 5 nitrogen and oxygen atoms in total. The molecule has 0 N–H and O–H groups in total. The Bertz CT molecular complexity index is 919. The lowest BCUT2D eigenvalue weighted by Crippen LogP contribution is -2.36. The molecule has 3 aromatic rings. The summed E-state index contributed by atoms with van der Waals surface area (Å²) in [6.07, 6.45) is 4.29. The second-order valence-corrected chi connectivity index (χ2v) is 6.04. The Kier molecular flexibility index (Phi) is 3.80. The number of nitrogens with zero attached hydrogens (tertiary/aromatic N) is 4. The van der Waals surface area contributed by atoms with Crippen molar-refractivity contribution in [1.29, 1.82) is 0 Å². The molecule has 1 aliphatic rings. The molecule has 1 aliphatic heterocycles. The first-order chi connectivity index (χ1) is 12.1. The minimum atomic E-state index is -0.288. The molecule has 0 radical (unpaired) electrons. The maximum absolute atomic E-state index is 13.3. The van der Waals surface area contributed by atoms with E-state index in [1.54, 1.807) is 36.4 Å². The molecule has 0 saturated carbocycles. The minimum absolute atomic E-state index is 0.0122. The van der Waals surface area contributed by atoms with Crippen molar-refractivity contribution < 1.29 is 9.18 Å². The molecule has 0 fully saturated rings. The zero-order chi connectivity index (χ0) is 17.4. The van der Waals surface area contributed by atoms with Crippen molar-refractivity contribution in [3.8, 4) is 22.4 Å². The van der Waals surface area contributed by atoms with Gasteiger partial charge in [0.05, 0.1) is 5.56 Å². The summed E-state index contributed by atoms with van der Waals surface area (Å²) in [7, 11) is 0. The van der Waals surface area contributed by atoms with Crippen molar-refractivity contribution in [2.75, 3.05) is 11.4 Å². The molecule has 1 aromatic carbocycles. The topological polar surface area (TPSA) is 51.0 Å². The Morgan fingerprint density at radius 3 is 2.44 bits per heavy atom. The number of anilines is 1. The van der Waals surface area contributed by atoms with Gasteiger partial charge in [-0.2, -0.15) is 5.10 Å². The summed E-state index contributed by atoms with van der Waals surface area (Å²) in [6.45, 7) is 2.98. The van der Waals surface area contributed by atoms with Crippen LogP contribution in [0.15, 0.2) is 48.8 Å². The predicted octanol–water partition coefficient (Wildman–Crippen LogP) is 3.51. The van der Waals surface area contributed by atoms with Gasteiger partial charge in [-0.3, -0.25) is 14.7 Å². The summed E-state index contributed by atoms with van der Waals surface area (Å²) in [4.78, 5) is 18.0. The minimum Gasteiger partial charge on any atom is -0.297 e. The summed E-state index contributed by atoms with van der Waals surface area (Å²) in [6, 6.07) is 10.1. The van der Waals surface area contributed by atoms with E-state index in [-0.39, 0.29) is 11.7 Å². The number of benzene rings is 1. The summed E-state index contributed by atoms with van der Waals surface area (Å²) in [5.74, 6) is 0.495. The van der Waals surface area contributed by atoms with E-state index in [0.717, 1.165) is 41.2 Å². The van der Waals surface area contributed by atoms with E-state index >= 15 is 0 Å². The zero-order valence-corrected chi connectivity index (χ0v) is 13.8. The molecule has 126 valence electrons. The Morgan fingerprint density at radius 1 is 1.04 bits per heavy atom. The Hall–Kier alpha value is -3.02. The lowest BCUT2D eigenvalue weighted by Gasteiger charge is -2.27. The van der Waals surface area contributed by atoms with Crippen LogP contribution < -0.4 is 4.90 Å². The fourth-order valence-corrected chi connectivity index (χ4v) is 3.27. The SMILES string of the molecule is CC(=O)N1CCCn2nc(-c3ccc(F)cc3)c(-c3ccncc3)c21. The average molecular weight is 336 g/mol. The third-order valence-corrected chi connectivity index (χ3v) is 4.40. The summed E-state index contributed by atoms with van der Waals surface area (Å²) in [5.41, 5.74) is 3.38. The number of hydrogen-bond donors (Lipinski definition) is 0. The third kappa shape index (κ3) is 2.69. The Labute approximate surface area is 144 Å². The third-order valence-electron chi connectivity index (χ3n) is 4.40. The van der Waals surface area contributed by atoms with Gasteiger partial charge in [-0.15, -0.1) is 0 Å². The van der Waals surface area contributed by atoms with Crippen LogP contribution in [0.3, 0.4) is 0 Å². The number of hydrogen-bond acceptors (Lipinski definition) is 3. The van der Waals surface area contributed by atoms with Gasteiger partial charge >= 0.3 is 0 Å². The van der Waals surface area contributed by atoms with E-state index in [0.29, 0.717) is 6.54 Å². The molecule has 4 rings (SSSR count). The van der Waals surface area contributed by atoms with Crippen LogP contribution in [-0.2, 0) is 11.3 Å². The maximum Gasteiger partial charge on any atom is 0.225 e. The van der Waals surface area contributed by atoms with Crippen molar-refractivity contribution in [3.05, 3.63) is 54.6 Å². The van der Waals surface area contributed by atoms with Gasteiger partial charge in [-0.1, -0.05) is 0 Å². The van der Waals surface area contributed by atoms with Gasteiger partial charge in [0.1, 0.15) is 17.3 Å². The Balaban J connectivity index is 1.99. The molecule has 0 aliphatic carbocycles.